The van der Waals surface area contributed by atoms with Gasteiger partial charge in [-0.05, 0) is 24.6 Å². The van der Waals surface area contributed by atoms with Crippen LogP contribution in [0.25, 0.3) is 10.9 Å². The third kappa shape index (κ3) is 1.65. The first kappa shape index (κ1) is 10.8. The normalized spacial score (nSPS) is 17.9. The van der Waals surface area contributed by atoms with E-state index in [2.05, 4.69) is 40.2 Å². The van der Waals surface area contributed by atoms with E-state index in [1.54, 1.807) is 0 Å². The molecule has 0 amide bonds. The molecule has 0 saturated carbocycles. The summed E-state index contributed by atoms with van der Waals surface area (Å²) in [5.41, 5.74) is 6.02. The molecule has 1 N–H and O–H groups in total. The first-order valence-corrected chi connectivity index (χ1v) is 6.04. The van der Waals surface area contributed by atoms with E-state index in [0.717, 1.165) is 29.7 Å². The Morgan fingerprint density at radius 1 is 1.56 bits per heavy atom. The third-order valence-electron chi connectivity index (χ3n) is 3.43. The second-order valence-corrected chi connectivity index (χ2v) is 4.66. The lowest BCUT2D eigenvalue weighted by Crippen LogP contribution is -2.17. The molecule has 1 unspecified atom stereocenters. The zero-order valence-electron chi connectivity index (χ0n) is 10.2. The van der Waals surface area contributed by atoms with Crippen molar-refractivity contribution >= 4 is 17.1 Å². The Kier molecular flexibility index (Phi) is 2.52. The summed E-state index contributed by atoms with van der Waals surface area (Å²) in [5.74, 6) is 0.355. The molecule has 4 heteroatoms. The van der Waals surface area contributed by atoms with Crippen LogP contribution in [-0.2, 0) is 6.54 Å². The van der Waals surface area contributed by atoms with Crippen LogP contribution in [0.2, 0.25) is 0 Å². The van der Waals surface area contributed by atoms with E-state index in [1.165, 1.54) is 5.56 Å². The molecule has 0 saturated heterocycles. The van der Waals surface area contributed by atoms with Crippen molar-refractivity contribution in [3.63, 3.8) is 0 Å². The maximum absolute atomic E-state index is 9.26. The van der Waals surface area contributed by atoms with Crippen LogP contribution in [-0.4, -0.2) is 17.3 Å². The molecule has 0 fully saturated rings. The molecular formula is C14H14N4. The molecule has 3 rings (SSSR count). The summed E-state index contributed by atoms with van der Waals surface area (Å²) in [6, 6.07) is 10.4. The van der Waals surface area contributed by atoms with Crippen molar-refractivity contribution in [3.05, 3.63) is 35.5 Å². The lowest BCUT2D eigenvalue weighted by Gasteiger charge is -2.10. The third-order valence-corrected chi connectivity index (χ3v) is 3.43. The first-order valence-electron chi connectivity index (χ1n) is 6.04. The number of benzene rings is 1. The second kappa shape index (κ2) is 4.19. The van der Waals surface area contributed by atoms with Crippen molar-refractivity contribution in [2.75, 3.05) is 6.54 Å². The summed E-state index contributed by atoms with van der Waals surface area (Å²) >= 11 is 0. The molecule has 18 heavy (non-hydrogen) atoms. The summed E-state index contributed by atoms with van der Waals surface area (Å²) < 4.78 is 2.09. The molecule has 0 radical (unpaired) electrons. The molecule has 0 spiro atoms. The Morgan fingerprint density at radius 3 is 3.17 bits per heavy atom. The van der Waals surface area contributed by atoms with Gasteiger partial charge in [0.25, 0.3) is 0 Å². The summed E-state index contributed by atoms with van der Waals surface area (Å²) in [4.78, 5) is 0. The quantitative estimate of drug-likeness (QED) is 0.870. The minimum absolute atomic E-state index is 0.355. The van der Waals surface area contributed by atoms with Crippen LogP contribution in [0.3, 0.4) is 0 Å². The van der Waals surface area contributed by atoms with Crippen LogP contribution in [0.5, 0.6) is 0 Å². The maximum Gasteiger partial charge on any atom is 0.121 e. The molecule has 1 aliphatic heterocycles. The van der Waals surface area contributed by atoms with Gasteiger partial charge < -0.3 is 9.99 Å². The highest BCUT2D eigenvalue weighted by Gasteiger charge is 2.16. The maximum atomic E-state index is 9.26. The second-order valence-electron chi connectivity index (χ2n) is 4.66. The van der Waals surface area contributed by atoms with Crippen LogP contribution in [0.1, 0.15) is 11.3 Å². The number of hydrazone groups is 1. The fourth-order valence-corrected chi connectivity index (χ4v) is 2.45. The van der Waals surface area contributed by atoms with E-state index in [4.69, 9.17) is 0 Å². The average Bonchev–Trinajstić information content (AvgIpc) is 2.99. The number of nitriles is 1. The fourth-order valence-electron chi connectivity index (χ4n) is 2.45. The number of aryl methyl sites for hydroxylation is 1. The zero-order chi connectivity index (χ0) is 12.5. The SMILES string of the molecule is Cc1cccc2c1cc(C#N)n2CC1C=NNC1. The van der Waals surface area contributed by atoms with Crippen molar-refractivity contribution in [1.82, 2.24) is 9.99 Å². The molecule has 0 aliphatic carbocycles. The Balaban J connectivity index is 2.11. The molecule has 4 nitrogen and oxygen atoms in total. The Bertz CT molecular complexity index is 660. The minimum atomic E-state index is 0.355. The van der Waals surface area contributed by atoms with Gasteiger partial charge in [0.1, 0.15) is 11.8 Å². The van der Waals surface area contributed by atoms with Crippen LogP contribution < -0.4 is 5.43 Å². The van der Waals surface area contributed by atoms with Crippen molar-refractivity contribution < 1.29 is 0 Å². The predicted octanol–water partition coefficient (Wildman–Crippen LogP) is 2.03. The lowest BCUT2D eigenvalue weighted by atomic mass is 10.1. The van der Waals surface area contributed by atoms with Crippen LogP contribution in [0, 0.1) is 24.2 Å². The van der Waals surface area contributed by atoms with Crippen LogP contribution in [0.4, 0.5) is 0 Å². The zero-order valence-corrected chi connectivity index (χ0v) is 10.2. The smallest absolute Gasteiger partial charge is 0.121 e. The van der Waals surface area contributed by atoms with Crippen LogP contribution in [0.15, 0.2) is 29.4 Å². The summed E-state index contributed by atoms with van der Waals surface area (Å²) in [6.45, 7) is 3.72. The van der Waals surface area contributed by atoms with Crippen molar-refractivity contribution in [3.8, 4) is 6.07 Å². The Morgan fingerprint density at radius 2 is 2.44 bits per heavy atom. The minimum Gasteiger partial charge on any atom is -0.332 e. The molecule has 1 aromatic carbocycles. The largest absolute Gasteiger partial charge is 0.332 e. The first-order chi connectivity index (χ1) is 8.79. The predicted molar refractivity (Wildman–Crippen MR) is 71.4 cm³/mol. The van der Waals surface area contributed by atoms with E-state index >= 15 is 0 Å². The van der Waals surface area contributed by atoms with E-state index in [9.17, 15) is 5.26 Å². The molecule has 1 aliphatic rings. The van der Waals surface area contributed by atoms with Crippen molar-refractivity contribution in [2.24, 2.45) is 11.0 Å². The monoisotopic (exact) mass is 238 g/mol. The van der Waals surface area contributed by atoms with Crippen molar-refractivity contribution in [2.45, 2.75) is 13.5 Å². The van der Waals surface area contributed by atoms with Crippen LogP contribution >= 0.6 is 0 Å². The van der Waals surface area contributed by atoms with Gasteiger partial charge in [-0.3, -0.25) is 0 Å². The lowest BCUT2D eigenvalue weighted by molar-refractivity contribution is 0.566. The number of rotatable bonds is 2. The number of nitrogens with zero attached hydrogens (tertiary/aromatic N) is 3. The Hall–Kier alpha value is -2.28. The molecular weight excluding hydrogens is 224 g/mol. The number of aromatic nitrogens is 1. The number of nitrogens with one attached hydrogen (secondary N) is 1. The number of fused-ring (bicyclic) bond motifs is 1. The topological polar surface area (TPSA) is 53.1 Å². The van der Waals surface area contributed by atoms with Gasteiger partial charge in [-0.25, -0.2) is 0 Å². The standard InChI is InChI=1S/C14H14N4/c1-10-3-2-4-14-13(10)5-12(6-15)18(14)9-11-7-16-17-8-11/h2-5,7,11,17H,8-9H2,1H3. The molecule has 90 valence electrons. The number of hydrogen-bond acceptors (Lipinski definition) is 3. The molecule has 1 atom stereocenters. The van der Waals surface area contributed by atoms with Gasteiger partial charge in [-0.2, -0.15) is 10.4 Å². The highest BCUT2D eigenvalue weighted by Crippen LogP contribution is 2.24. The average molecular weight is 238 g/mol. The van der Waals surface area contributed by atoms with Gasteiger partial charge in [-0.15, -0.1) is 0 Å². The van der Waals surface area contributed by atoms with Gasteiger partial charge in [-0.1, -0.05) is 12.1 Å². The van der Waals surface area contributed by atoms with Crippen molar-refractivity contribution in [1.29, 1.82) is 5.26 Å². The molecule has 1 aromatic heterocycles. The highest BCUT2D eigenvalue weighted by molar-refractivity contribution is 5.85. The number of hydrogen-bond donors (Lipinski definition) is 1. The van der Waals surface area contributed by atoms with Gasteiger partial charge in [0.2, 0.25) is 0 Å². The molecule has 2 heterocycles. The van der Waals surface area contributed by atoms with E-state index in [-0.39, 0.29) is 0 Å². The highest BCUT2D eigenvalue weighted by atomic mass is 15.3. The summed E-state index contributed by atoms with van der Waals surface area (Å²) in [5, 5.41) is 14.5. The van der Waals surface area contributed by atoms with Gasteiger partial charge >= 0.3 is 0 Å². The fraction of sp³-hybridized carbons (Fsp3) is 0.286. The van der Waals surface area contributed by atoms with E-state index < -0.39 is 0 Å². The molecule has 0 bridgehead atoms. The van der Waals surface area contributed by atoms with E-state index in [1.807, 2.05) is 18.3 Å². The summed E-state index contributed by atoms with van der Waals surface area (Å²) in [6.07, 6.45) is 1.92. The summed E-state index contributed by atoms with van der Waals surface area (Å²) in [7, 11) is 0. The molecule has 2 aromatic rings. The van der Waals surface area contributed by atoms with Gasteiger partial charge in [0, 0.05) is 36.1 Å². The Labute approximate surface area is 106 Å². The van der Waals surface area contributed by atoms with Gasteiger partial charge in [0.15, 0.2) is 0 Å². The van der Waals surface area contributed by atoms with E-state index in [0.29, 0.717) is 5.92 Å². The van der Waals surface area contributed by atoms with Gasteiger partial charge in [0.05, 0.1) is 0 Å².